The molecule has 0 bridgehead atoms. The second kappa shape index (κ2) is 10.2. The van der Waals surface area contributed by atoms with Gasteiger partial charge < -0.3 is 9.02 Å². The van der Waals surface area contributed by atoms with Gasteiger partial charge in [-0.3, -0.25) is 9.53 Å². The molecule has 4 nitrogen and oxygen atoms in total. The summed E-state index contributed by atoms with van der Waals surface area (Å²) in [4.78, 5) is 12.8. The SMILES string of the molecule is CN(C(=O)C(F)(OCF)C(F)(F)F)c1cccc([Si](C)(C)CC[Si](C)(C)O[Si](C)C)c1. The predicted octanol–water partition coefficient (Wildman–Crippen LogP) is 5.21. The van der Waals surface area contributed by atoms with Gasteiger partial charge in [-0.2, -0.15) is 17.6 Å². The topological polar surface area (TPSA) is 38.8 Å². The van der Waals surface area contributed by atoms with Gasteiger partial charge in [0.05, 0.1) is 8.07 Å². The Hall–Kier alpha value is -1.09. The summed E-state index contributed by atoms with van der Waals surface area (Å²) in [7, 11) is -3.66. The molecular weight excluding hydrogens is 469 g/mol. The average Bonchev–Trinajstić information content (AvgIpc) is 2.64. The molecule has 1 aromatic carbocycles. The van der Waals surface area contributed by atoms with E-state index in [1.54, 1.807) is 12.1 Å². The fraction of sp³-hybridized carbons (Fsp3) is 0.632. The Kier molecular flexibility index (Phi) is 9.23. The summed E-state index contributed by atoms with van der Waals surface area (Å²) in [5.41, 5.74) is 0.0807. The maximum Gasteiger partial charge on any atom is 0.458 e. The van der Waals surface area contributed by atoms with Gasteiger partial charge >= 0.3 is 17.9 Å². The van der Waals surface area contributed by atoms with E-state index in [-0.39, 0.29) is 5.69 Å². The zero-order chi connectivity index (χ0) is 24.3. The Morgan fingerprint density at radius 3 is 2.16 bits per heavy atom. The highest BCUT2D eigenvalue weighted by atomic mass is 28.4. The molecule has 0 N–H and O–H groups in total. The van der Waals surface area contributed by atoms with Crippen LogP contribution in [-0.2, 0) is 13.6 Å². The van der Waals surface area contributed by atoms with Crippen molar-refractivity contribution in [1.82, 2.24) is 0 Å². The number of hydrogen-bond acceptors (Lipinski definition) is 3. The first-order valence-corrected chi connectivity index (χ1v) is 18.5. The summed E-state index contributed by atoms with van der Waals surface area (Å²) >= 11 is 0. The van der Waals surface area contributed by atoms with E-state index in [0.29, 0.717) is 4.90 Å². The number of likely N-dealkylation sites (N-methyl/N-ethyl adjacent to an activating group) is 1. The Balaban J connectivity index is 3.13. The van der Waals surface area contributed by atoms with Crippen molar-refractivity contribution >= 4 is 42.2 Å². The van der Waals surface area contributed by atoms with E-state index in [0.717, 1.165) is 24.3 Å². The lowest BCUT2D eigenvalue weighted by molar-refractivity contribution is -0.321. The Bertz CT molecular complexity index is 762. The summed E-state index contributed by atoms with van der Waals surface area (Å²) < 4.78 is 75.7. The van der Waals surface area contributed by atoms with E-state index in [4.69, 9.17) is 4.12 Å². The number of benzene rings is 1. The highest BCUT2D eigenvalue weighted by Crippen LogP contribution is 2.37. The van der Waals surface area contributed by atoms with E-state index in [9.17, 15) is 26.7 Å². The monoisotopic (exact) mass is 500 g/mol. The largest absolute Gasteiger partial charge is 0.458 e. The van der Waals surface area contributed by atoms with Crippen molar-refractivity contribution in [3.05, 3.63) is 24.3 Å². The molecule has 1 unspecified atom stereocenters. The van der Waals surface area contributed by atoms with Gasteiger partial charge in [0.25, 0.3) is 0 Å². The van der Waals surface area contributed by atoms with Crippen LogP contribution in [0.3, 0.4) is 0 Å². The molecule has 0 aliphatic rings. The normalized spacial score (nSPS) is 15.1. The van der Waals surface area contributed by atoms with Gasteiger partial charge in [-0.25, -0.2) is 4.39 Å². The number of halogens is 5. The lowest BCUT2D eigenvalue weighted by Crippen LogP contribution is -2.56. The minimum atomic E-state index is -5.72. The van der Waals surface area contributed by atoms with Gasteiger partial charge in [0.15, 0.2) is 24.2 Å². The minimum absolute atomic E-state index is 0.0807. The maximum absolute atomic E-state index is 14.3. The second-order valence-corrected chi connectivity index (χ2v) is 20.4. The van der Waals surface area contributed by atoms with Crippen LogP contribution >= 0.6 is 0 Å². The zero-order valence-electron chi connectivity index (χ0n) is 19.0. The summed E-state index contributed by atoms with van der Waals surface area (Å²) in [6.45, 7) is 10.7. The van der Waals surface area contributed by atoms with Crippen LogP contribution in [-0.4, -0.2) is 57.3 Å². The summed E-state index contributed by atoms with van der Waals surface area (Å²) in [5, 5.41) is 0.913. The lowest BCUT2D eigenvalue weighted by atomic mass is 10.2. The molecule has 0 saturated heterocycles. The molecular formula is C19H31F5NO3Si3. The van der Waals surface area contributed by atoms with E-state index in [2.05, 4.69) is 44.0 Å². The number of hydrogen-bond donors (Lipinski definition) is 0. The number of ether oxygens (including phenoxy) is 1. The molecule has 1 atom stereocenters. The number of carbonyl (C=O) groups is 1. The fourth-order valence-corrected chi connectivity index (χ4v) is 14.3. The molecule has 177 valence electrons. The number of anilines is 1. The third-order valence-electron chi connectivity index (χ3n) is 5.05. The van der Waals surface area contributed by atoms with Crippen molar-refractivity contribution in [2.45, 2.75) is 63.4 Å². The van der Waals surface area contributed by atoms with Crippen LogP contribution in [0.2, 0.25) is 51.4 Å². The van der Waals surface area contributed by atoms with Crippen molar-refractivity contribution in [2.75, 3.05) is 18.8 Å². The Labute approximate surface area is 184 Å². The van der Waals surface area contributed by atoms with E-state index in [1.165, 1.54) is 6.07 Å². The Morgan fingerprint density at radius 1 is 1.10 bits per heavy atom. The summed E-state index contributed by atoms with van der Waals surface area (Å²) in [6, 6.07) is 8.33. The molecule has 12 heteroatoms. The van der Waals surface area contributed by atoms with Gasteiger partial charge in [-0.15, -0.1) is 0 Å². The zero-order valence-corrected chi connectivity index (χ0v) is 22.0. The van der Waals surface area contributed by atoms with Crippen molar-refractivity contribution in [2.24, 2.45) is 0 Å². The quantitative estimate of drug-likeness (QED) is 0.327. The third-order valence-corrected chi connectivity index (χ3v) is 14.2. The second-order valence-electron chi connectivity index (χ2n) is 8.91. The van der Waals surface area contributed by atoms with Crippen LogP contribution in [0, 0.1) is 0 Å². The number of rotatable bonds is 10. The smallest absolute Gasteiger partial charge is 0.456 e. The first-order chi connectivity index (χ1) is 14.0. The van der Waals surface area contributed by atoms with E-state index < -0.39 is 50.2 Å². The molecule has 31 heavy (non-hydrogen) atoms. The van der Waals surface area contributed by atoms with Gasteiger partial charge in [0.2, 0.25) is 0 Å². The minimum Gasteiger partial charge on any atom is -0.456 e. The van der Waals surface area contributed by atoms with E-state index in [1.807, 2.05) is 6.07 Å². The first-order valence-electron chi connectivity index (χ1n) is 9.80. The van der Waals surface area contributed by atoms with Gasteiger partial charge in [0, 0.05) is 12.7 Å². The van der Waals surface area contributed by atoms with Gasteiger partial charge in [-0.1, -0.05) is 36.5 Å². The van der Waals surface area contributed by atoms with Crippen molar-refractivity contribution in [1.29, 1.82) is 0 Å². The van der Waals surface area contributed by atoms with Crippen LogP contribution < -0.4 is 10.1 Å². The Morgan fingerprint density at radius 2 is 1.68 bits per heavy atom. The number of amides is 1. The van der Waals surface area contributed by atoms with Gasteiger partial charge in [-0.05, 0) is 44.4 Å². The van der Waals surface area contributed by atoms with Crippen molar-refractivity contribution in [3.63, 3.8) is 0 Å². The number of alkyl halides is 5. The fourth-order valence-electron chi connectivity index (χ4n) is 3.17. The first kappa shape index (κ1) is 27.9. The summed E-state index contributed by atoms with van der Waals surface area (Å²) in [5.74, 6) is -6.79. The van der Waals surface area contributed by atoms with Gasteiger partial charge in [0.1, 0.15) is 0 Å². The van der Waals surface area contributed by atoms with Crippen LogP contribution in [0.25, 0.3) is 0 Å². The average molecular weight is 501 g/mol. The molecule has 1 radical (unpaired) electrons. The molecule has 1 amide bonds. The van der Waals surface area contributed by atoms with Crippen LogP contribution in [0.5, 0.6) is 0 Å². The number of carbonyl (C=O) groups excluding carboxylic acids is 1. The third kappa shape index (κ3) is 7.20. The van der Waals surface area contributed by atoms with Crippen molar-refractivity contribution in [3.8, 4) is 0 Å². The highest BCUT2D eigenvalue weighted by Gasteiger charge is 2.65. The molecule has 0 spiro atoms. The summed E-state index contributed by atoms with van der Waals surface area (Å²) in [6.07, 6.45) is -5.72. The highest BCUT2D eigenvalue weighted by molar-refractivity contribution is 6.91. The van der Waals surface area contributed by atoms with Crippen LogP contribution in [0.4, 0.5) is 27.6 Å². The molecule has 1 aromatic rings. The molecule has 0 aliphatic heterocycles. The predicted molar refractivity (Wildman–Crippen MR) is 120 cm³/mol. The van der Waals surface area contributed by atoms with E-state index >= 15 is 0 Å². The molecule has 0 aromatic heterocycles. The molecule has 0 fully saturated rings. The molecule has 1 rings (SSSR count). The molecule has 0 aliphatic carbocycles. The number of nitrogens with zero attached hydrogens (tertiary/aromatic N) is 1. The maximum atomic E-state index is 14.3. The molecule has 0 saturated carbocycles. The van der Waals surface area contributed by atoms with Crippen LogP contribution in [0.15, 0.2) is 24.3 Å². The lowest BCUT2D eigenvalue weighted by Gasteiger charge is -2.32. The molecule has 0 heterocycles. The van der Waals surface area contributed by atoms with Crippen molar-refractivity contribution < 1.29 is 35.6 Å². The van der Waals surface area contributed by atoms with Crippen LogP contribution in [0.1, 0.15) is 0 Å². The standard InChI is InChI=1S/C19H31F5NO3Si3/c1-25(17(26)18(21,27-14-20)19(22,23)24)15-9-8-10-16(13-15)30(4,5)11-12-31(6,7)28-29(2)3/h8-10,13H,11-12,14H2,1-7H3.